The van der Waals surface area contributed by atoms with Gasteiger partial charge in [-0.15, -0.1) is 0 Å². The van der Waals surface area contributed by atoms with Gasteiger partial charge in [-0.2, -0.15) is 0 Å². The van der Waals surface area contributed by atoms with Crippen molar-refractivity contribution >= 4 is 11.6 Å². The molecule has 2 aromatic carbocycles. The predicted molar refractivity (Wildman–Crippen MR) is 74.1 cm³/mol. The minimum atomic E-state index is 0.0867. The lowest BCUT2D eigenvalue weighted by molar-refractivity contribution is 0.242. The minimum Gasteiger partial charge on any atom is -0.488 e. The summed E-state index contributed by atoms with van der Waals surface area (Å²) in [4.78, 5) is 0. The lowest BCUT2D eigenvalue weighted by Crippen LogP contribution is -2.24. The Morgan fingerprint density at radius 3 is 2.67 bits per heavy atom. The zero-order valence-electron chi connectivity index (χ0n) is 9.90. The molecule has 3 heteroatoms. The van der Waals surface area contributed by atoms with Gasteiger partial charge in [-0.3, -0.25) is 0 Å². The molecule has 1 unspecified atom stereocenters. The van der Waals surface area contributed by atoms with Crippen LogP contribution in [0.4, 0.5) is 0 Å². The van der Waals surface area contributed by atoms with Gasteiger partial charge in [0, 0.05) is 29.1 Å². The van der Waals surface area contributed by atoms with Crippen molar-refractivity contribution in [2.45, 2.75) is 12.5 Å². The van der Waals surface area contributed by atoms with Crippen LogP contribution in [0.15, 0.2) is 42.5 Å². The third-order valence-electron chi connectivity index (χ3n) is 3.26. The molecular formula is C15H14ClNO. The van der Waals surface area contributed by atoms with E-state index in [1.807, 2.05) is 36.4 Å². The summed E-state index contributed by atoms with van der Waals surface area (Å²) in [6.07, 6.45) is 0.966. The van der Waals surface area contributed by atoms with Crippen molar-refractivity contribution < 1.29 is 4.74 Å². The first-order valence-electron chi connectivity index (χ1n) is 6.03. The molecule has 1 aliphatic heterocycles. The van der Waals surface area contributed by atoms with Crippen LogP contribution in [0.2, 0.25) is 5.02 Å². The number of hydrogen-bond donors (Lipinski definition) is 1. The van der Waals surface area contributed by atoms with E-state index in [1.165, 1.54) is 5.56 Å². The van der Waals surface area contributed by atoms with E-state index >= 15 is 0 Å². The number of hydrogen-bond acceptors (Lipinski definition) is 2. The number of rotatable bonds is 2. The maximum absolute atomic E-state index is 6.25. The van der Waals surface area contributed by atoms with Gasteiger partial charge in [0.05, 0.1) is 0 Å². The number of para-hydroxylation sites is 1. The Bertz CT molecular complexity index is 582. The van der Waals surface area contributed by atoms with Gasteiger partial charge in [-0.25, -0.2) is 0 Å². The standard InChI is InChI=1S/C15H14ClNO/c16-14-7-2-1-5-12(14)13-6-3-4-10-8-11(9-17)18-15(10)13/h1-7,11H,8-9,17H2. The van der Waals surface area contributed by atoms with E-state index in [0.29, 0.717) is 6.54 Å². The second kappa shape index (κ2) is 4.63. The first kappa shape index (κ1) is 11.6. The third kappa shape index (κ3) is 1.88. The van der Waals surface area contributed by atoms with Crippen molar-refractivity contribution in [2.24, 2.45) is 5.73 Å². The lowest BCUT2D eigenvalue weighted by atomic mass is 10.0. The number of benzene rings is 2. The predicted octanol–water partition coefficient (Wildman–Crippen LogP) is 3.27. The SMILES string of the molecule is NCC1Cc2cccc(-c3ccccc3Cl)c2O1. The van der Waals surface area contributed by atoms with Gasteiger partial charge in [0.2, 0.25) is 0 Å². The van der Waals surface area contributed by atoms with E-state index in [-0.39, 0.29) is 6.10 Å². The van der Waals surface area contributed by atoms with Gasteiger partial charge in [0.1, 0.15) is 11.9 Å². The normalized spacial score (nSPS) is 17.3. The van der Waals surface area contributed by atoms with Gasteiger partial charge < -0.3 is 10.5 Å². The molecule has 0 amide bonds. The van der Waals surface area contributed by atoms with Crippen LogP contribution in [0.5, 0.6) is 5.75 Å². The fourth-order valence-corrected chi connectivity index (χ4v) is 2.60. The Morgan fingerprint density at radius 2 is 1.89 bits per heavy atom. The summed E-state index contributed by atoms with van der Waals surface area (Å²) in [6, 6.07) is 14.0. The van der Waals surface area contributed by atoms with E-state index in [2.05, 4.69) is 6.07 Å². The van der Waals surface area contributed by atoms with Crippen LogP contribution in [0, 0.1) is 0 Å². The Kier molecular flexibility index (Phi) is 2.98. The van der Waals surface area contributed by atoms with Crippen molar-refractivity contribution in [1.82, 2.24) is 0 Å². The monoisotopic (exact) mass is 259 g/mol. The molecule has 1 heterocycles. The summed E-state index contributed by atoms with van der Waals surface area (Å²) < 4.78 is 5.91. The van der Waals surface area contributed by atoms with Crippen molar-refractivity contribution in [1.29, 1.82) is 0 Å². The second-order valence-corrected chi connectivity index (χ2v) is 4.86. The van der Waals surface area contributed by atoms with Gasteiger partial charge in [0.25, 0.3) is 0 Å². The maximum Gasteiger partial charge on any atom is 0.131 e. The molecule has 3 rings (SSSR count). The molecule has 0 radical (unpaired) electrons. The molecule has 0 bridgehead atoms. The molecule has 92 valence electrons. The molecule has 2 nitrogen and oxygen atoms in total. The van der Waals surface area contributed by atoms with Gasteiger partial charge in [0.15, 0.2) is 0 Å². The molecule has 18 heavy (non-hydrogen) atoms. The molecule has 1 aliphatic rings. The Labute approximate surface area is 111 Å². The summed E-state index contributed by atoms with van der Waals surface area (Å²) >= 11 is 6.25. The highest BCUT2D eigenvalue weighted by Crippen LogP contribution is 2.40. The fourth-order valence-electron chi connectivity index (χ4n) is 2.36. The molecule has 0 aliphatic carbocycles. The van der Waals surface area contributed by atoms with Crippen LogP contribution in [0.3, 0.4) is 0 Å². The summed E-state index contributed by atoms with van der Waals surface area (Å²) in [5.74, 6) is 0.932. The molecule has 0 aromatic heterocycles. The zero-order valence-corrected chi connectivity index (χ0v) is 10.7. The maximum atomic E-state index is 6.25. The molecular weight excluding hydrogens is 246 g/mol. The van der Waals surface area contributed by atoms with Gasteiger partial charge in [-0.05, 0) is 11.6 Å². The summed E-state index contributed by atoms with van der Waals surface area (Å²) in [5.41, 5.74) is 8.95. The summed E-state index contributed by atoms with van der Waals surface area (Å²) in [6.45, 7) is 0.538. The lowest BCUT2D eigenvalue weighted by Gasteiger charge is -2.11. The largest absolute Gasteiger partial charge is 0.488 e. The molecule has 0 saturated heterocycles. The first-order valence-corrected chi connectivity index (χ1v) is 6.41. The topological polar surface area (TPSA) is 35.2 Å². The fraction of sp³-hybridized carbons (Fsp3) is 0.200. The van der Waals surface area contributed by atoms with Gasteiger partial charge in [-0.1, -0.05) is 48.0 Å². The van der Waals surface area contributed by atoms with Crippen molar-refractivity contribution in [3.8, 4) is 16.9 Å². The van der Waals surface area contributed by atoms with E-state index in [9.17, 15) is 0 Å². The van der Waals surface area contributed by atoms with E-state index in [0.717, 1.165) is 28.3 Å². The summed E-state index contributed by atoms with van der Waals surface area (Å²) in [7, 11) is 0. The number of halogens is 1. The number of nitrogens with two attached hydrogens (primary N) is 1. The van der Waals surface area contributed by atoms with Crippen molar-refractivity contribution in [2.75, 3.05) is 6.54 Å². The van der Waals surface area contributed by atoms with Crippen molar-refractivity contribution in [3.05, 3.63) is 53.1 Å². The zero-order chi connectivity index (χ0) is 12.5. The molecule has 0 spiro atoms. The van der Waals surface area contributed by atoms with E-state index < -0.39 is 0 Å². The van der Waals surface area contributed by atoms with E-state index in [1.54, 1.807) is 0 Å². The second-order valence-electron chi connectivity index (χ2n) is 4.45. The average Bonchev–Trinajstić information content (AvgIpc) is 2.82. The molecule has 1 atom stereocenters. The third-order valence-corrected chi connectivity index (χ3v) is 3.59. The van der Waals surface area contributed by atoms with Gasteiger partial charge >= 0.3 is 0 Å². The smallest absolute Gasteiger partial charge is 0.131 e. The van der Waals surface area contributed by atoms with Crippen LogP contribution in [-0.2, 0) is 6.42 Å². The number of ether oxygens (including phenoxy) is 1. The van der Waals surface area contributed by atoms with Crippen molar-refractivity contribution in [3.63, 3.8) is 0 Å². The van der Waals surface area contributed by atoms with Crippen LogP contribution in [-0.4, -0.2) is 12.6 Å². The van der Waals surface area contributed by atoms with E-state index in [4.69, 9.17) is 22.1 Å². The minimum absolute atomic E-state index is 0.0867. The Balaban J connectivity index is 2.11. The molecule has 2 aromatic rings. The highest BCUT2D eigenvalue weighted by atomic mass is 35.5. The molecule has 0 saturated carbocycles. The number of fused-ring (bicyclic) bond motifs is 1. The molecule has 0 fully saturated rings. The Hall–Kier alpha value is -1.51. The Morgan fingerprint density at radius 1 is 1.11 bits per heavy atom. The van der Waals surface area contributed by atoms with Crippen LogP contribution in [0.1, 0.15) is 5.56 Å². The quantitative estimate of drug-likeness (QED) is 0.898. The van der Waals surface area contributed by atoms with Crippen LogP contribution in [0.25, 0.3) is 11.1 Å². The first-order chi connectivity index (χ1) is 8.79. The van der Waals surface area contributed by atoms with Crippen LogP contribution < -0.4 is 10.5 Å². The highest BCUT2D eigenvalue weighted by molar-refractivity contribution is 6.33. The summed E-state index contributed by atoms with van der Waals surface area (Å²) in [5, 5.41) is 0.741. The average molecular weight is 260 g/mol. The molecule has 2 N–H and O–H groups in total. The highest BCUT2D eigenvalue weighted by Gasteiger charge is 2.24. The van der Waals surface area contributed by atoms with Crippen LogP contribution >= 0.6 is 11.6 Å².